The molecule has 0 heterocycles. The molecule has 4 heteroatoms. The van der Waals surface area contributed by atoms with Crippen LogP contribution in [0.1, 0.15) is 113 Å². The van der Waals surface area contributed by atoms with E-state index in [0.29, 0.717) is 25.7 Å². The van der Waals surface area contributed by atoms with E-state index in [1.807, 2.05) is 0 Å². The van der Waals surface area contributed by atoms with Crippen molar-refractivity contribution in [2.45, 2.75) is 118 Å². The molecule has 0 radical (unpaired) electrons. The third kappa shape index (κ3) is 6.92. The Bertz CT molecular complexity index is 301. The monoisotopic (exact) mass is 388 g/mol. The first-order chi connectivity index (χ1) is 12.6. The lowest BCUT2D eigenvalue weighted by atomic mass is 9.81. The molecule has 0 amide bonds. The minimum atomic E-state index is -2.74. The first-order valence-electron chi connectivity index (χ1n) is 11.5. The molecule has 0 aromatic rings. The maximum atomic E-state index is 6.39. The average molecular weight is 389 g/mol. The lowest BCUT2D eigenvalue weighted by Gasteiger charge is -2.49. The third-order valence-electron chi connectivity index (χ3n) is 6.06. The van der Waals surface area contributed by atoms with Gasteiger partial charge in [-0.15, -0.1) is 0 Å². The molecule has 1 atom stereocenters. The summed E-state index contributed by atoms with van der Waals surface area (Å²) in [5.41, 5.74) is 0. The SMILES string of the molecule is CCCCCCCCC(CC)C(CC)(CC)[Si](OCC)(OCC)OCC. The molecule has 0 rings (SSSR count). The lowest BCUT2D eigenvalue weighted by molar-refractivity contribution is 0.0237. The Balaban J connectivity index is 5.37. The van der Waals surface area contributed by atoms with Crippen molar-refractivity contribution in [3.8, 4) is 0 Å². The molecule has 158 valence electrons. The van der Waals surface area contributed by atoms with Gasteiger partial charge in [-0.25, -0.2) is 0 Å². The summed E-state index contributed by atoms with van der Waals surface area (Å²) in [6.45, 7) is 17.5. The van der Waals surface area contributed by atoms with Crippen LogP contribution in [0.5, 0.6) is 0 Å². The van der Waals surface area contributed by atoms with E-state index in [1.165, 1.54) is 51.4 Å². The second-order valence-electron chi connectivity index (χ2n) is 7.38. The largest absolute Gasteiger partial charge is 0.507 e. The highest BCUT2D eigenvalue weighted by atomic mass is 28.4. The van der Waals surface area contributed by atoms with Gasteiger partial charge in [-0.1, -0.05) is 72.6 Å². The minimum absolute atomic E-state index is 0.0349. The van der Waals surface area contributed by atoms with Crippen molar-refractivity contribution < 1.29 is 13.3 Å². The van der Waals surface area contributed by atoms with Gasteiger partial charge in [0, 0.05) is 24.9 Å². The van der Waals surface area contributed by atoms with Crippen LogP contribution in [0.2, 0.25) is 5.04 Å². The zero-order chi connectivity index (χ0) is 19.9. The summed E-state index contributed by atoms with van der Waals surface area (Å²) in [7, 11) is -2.74. The maximum Gasteiger partial charge on any atom is 0.507 e. The van der Waals surface area contributed by atoms with Crippen LogP contribution in [0.4, 0.5) is 0 Å². The predicted molar refractivity (Wildman–Crippen MR) is 116 cm³/mol. The van der Waals surface area contributed by atoms with E-state index in [2.05, 4.69) is 48.5 Å². The number of hydrogen-bond donors (Lipinski definition) is 0. The fourth-order valence-electron chi connectivity index (χ4n) is 4.68. The van der Waals surface area contributed by atoms with Crippen molar-refractivity contribution in [2.75, 3.05) is 19.8 Å². The van der Waals surface area contributed by atoms with Crippen LogP contribution in [0.3, 0.4) is 0 Å². The first-order valence-corrected chi connectivity index (χ1v) is 13.2. The molecular weight excluding hydrogens is 340 g/mol. The maximum absolute atomic E-state index is 6.39. The van der Waals surface area contributed by atoms with E-state index < -0.39 is 8.80 Å². The van der Waals surface area contributed by atoms with Crippen LogP contribution in [0.25, 0.3) is 0 Å². The molecule has 0 saturated carbocycles. The van der Waals surface area contributed by atoms with Crippen LogP contribution < -0.4 is 0 Å². The smallest absolute Gasteiger partial charge is 0.373 e. The second kappa shape index (κ2) is 15.1. The summed E-state index contributed by atoms with van der Waals surface area (Å²) in [6, 6.07) is 0. The highest BCUT2D eigenvalue weighted by Crippen LogP contribution is 2.55. The molecule has 0 aromatic carbocycles. The van der Waals surface area contributed by atoms with Gasteiger partial charge in [-0.2, -0.15) is 0 Å². The van der Waals surface area contributed by atoms with Crippen LogP contribution >= 0.6 is 0 Å². The molecule has 0 saturated heterocycles. The van der Waals surface area contributed by atoms with Crippen molar-refractivity contribution in [1.82, 2.24) is 0 Å². The van der Waals surface area contributed by atoms with Gasteiger partial charge in [-0.3, -0.25) is 0 Å². The summed E-state index contributed by atoms with van der Waals surface area (Å²) in [5.74, 6) is 0.611. The summed E-state index contributed by atoms with van der Waals surface area (Å²) in [6.07, 6.45) is 12.7. The highest BCUT2D eigenvalue weighted by molar-refractivity contribution is 6.64. The van der Waals surface area contributed by atoms with Gasteiger partial charge >= 0.3 is 8.80 Å². The Morgan fingerprint density at radius 1 is 0.654 bits per heavy atom. The van der Waals surface area contributed by atoms with E-state index in [1.54, 1.807) is 0 Å². The van der Waals surface area contributed by atoms with Crippen molar-refractivity contribution in [3.63, 3.8) is 0 Å². The van der Waals surface area contributed by atoms with Gasteiger partial charge in [0.2, 0.25) is 0 Å². The fourth-order valence-corrected chi connectivity index (χ4v) is 8.65. The van der Waals surface area contributed by atoms with E-state index in [0.717, 1.165) is 12.8 Å². The molecule has 0 aliphatic heterocycles. The third-order valence-corrected chi connectivity index (χ3v) is 10.4. The quantitative estimate of drug-likeness (QED) is 0.181. The van der Waals surface area contributed by atoms with E-state index in [4.69, 9.17) is 13.3 Å². The average Bonchev–Trinajstić information content (AvgIpc) is 2.64. The molecular formula is C22H48O3Si. The topological polar surface area (TPSA) is 27.7 Å². The molecule has 0 spiro atoms. The molecule has 0 aromatic heterocycles. The summed E-state index contributed by atoms with van der Waals surface area (Å²) >= 11 is 0. The molecule has 26 heavy (non-hydrogen) atoms. The van der Waals surface area contributed by atoms with Gasteiger partial charge in [-0.05, 0) is 46.0 Å². The van der Waals surface area contributed by atoms with E-state index in [9.17, 15) is 0 Å². The second-order valence-corrected chi connectivity index (χ2v) is 10.4. The van der Waals surface area contributed by atoms with Crippen LogP contribution in [-0.4, -0.2) is 28.6 Å². The molecule has 0 aliphatic carbocycles. The Kier molecular flexibility index (Phi) is 15.1. The summed E-state index contributed by atoms with van der Waals surface area (Å²) in [5, 5.41) is 0.0349. The normalized spacial score (nSPS) is 14.0. The standard InChI is InChI=1S/C22H48O3Si/c1-8-15-16-17-18-19-20-21(9-2)22(10-3,11-4)26(23-12-5,24-13-6)25-14-7/h21H,8-20H2,1-7H3. The van der Waals surface area contributed by atoms with Gasteiger partial charge in [0.25, 0.3) is 0 Å². The number of rotatable bonds is 18. The van der Waals surface area contributed by atoms with Crippen molar-refractivity contribution in [2.24, 2.45) is 5.92 Å². The fraction of sp³-hybridized carbons (Fsp3) is 1.00. The predicted octanol–water partition coefficient (Wildman–Crippen LogP) is 7.37. The van der Waals surface area contributed by atoms with Gasteiger partial charge in [0.1, 0.15) is 0 Å². The minimum Gasteiger partial charge on any atom is -0.373 e. The van der Waals surface area contributed by atoms with Crippen LogP contribution in [-0.2, 0) is 13.3 Å². The zero-order valence-corrected chi connectivity index (χ0v) is 20.0. The van der Waals surface area contributed by atoms with E-state index >= 15 is 0 Å². The van der Waals surface area contributed by atoms with E-state index in [-0.39, 0.29) is 5.04 Å². The molecule has 0 bridgehead atoms. The Hall–Kier alpha value is 0.0969. The van der Waals surface area contributed by atoms with Gasteiger partial charge in [0.15, 0.2) is 0 Å². The first kappa shape index (κ1) is 26.1. The summed E-state index contributed by atoms with van der Waals surface area (Å²) < 4.78 is 19.2. The number of unbranched alkanes of at least 4 members (excludes halogenated alkanes) is 5. The highest BCUT2D eigenvalue weighted by Gasteiger charge is 2.61. The van der Waals surface area contributed by atoms with Crippen molar-refractivity contribution in [1.29, 1.82) is 0 Å². The zero-order valence-electron chi connectivity index (χ0n) is 19.0. The van der Waals surface area contributed by atoms with Gasteiger partial charge < -0.3 is 13.3 Å². The Morgan fingerprint density at radius 2 is 1.12 bits per heavy atom. The molecule has 3 nitrogen and oxygen atoms in total. The lowest BCUT2D eigenvalue weighted by Crippen LogP contribution is -2.59. The van der Waals surface area contributed by atoms with Crippen molar-refractivity contribution >= 4 is 8.80 Å². The molecule has 0 aliphatic rings. The molecule has 0 fully saturated rings. The molecule has 0 N–H and O–H groups in total. The van der Waals surface area contributed by atoms with Gasteiger partial charge in [0.05, 0.1) is 0 Å². The Morgan fingerprint density at radius 3 is 1.50 bits per heavy atom. The summed E-state index contributed by atoms with van der Waals surface area (Å²) in [4.78, 5) is 0. The Labute approximate surface area is 165 Å². The van der Waals surface area contributed by atoms with Crippen LogP contribution in [0, 0.1) is 5.92 Å². The van der Waals surface area contributed by atoms with Crippen LogP contribution in [0.15, 0.2) is 0 Å². The number of hydrogen-bond acceptors (Lipinski definition) is 3. The molecule has 1 unspecified atom stereocenters. The van der Waals surface area contributed by atoms with Crippen molar-refractivity contribution in [3.05, 3.63) is 0 Å².